The number of amides is 1. The fraction of sp³-hybridized carbons (Fsp3) is 0.154. The van der Waals surface area contributed by atoms with Crippen LogP contribution in [0.4, 0.5) is 5.13 Å². The SMILES string of the molecule is COc1cccc(OCC(=O)Nc2nc(C(=O)O)cs2)c1. The molecule has 0 saturated carbocycles. The fourth-order valence-electron chi connectivity index (χ4n) is 1.42. The van der Waals surface area contributed by atoms with Crippen molar-refractivity contribution in [2.24, 2.45) is 0 Å². The fourth-order valence-corrected chi connectivity index (χ4v) is 2.13. The minimum atomic E-state index is -1.14. The molecule has 0 atom stereocenters. The van der Waals surface area contributed by atoms with Gasteiger partial charge in [0.15, 0.2) is 17.4 Å². The van der Waals surface area contributed by atoms with E-state index in [2.05, 4.69) is 10.3 Å². The molecule has 1 aromatic carbocycles. The van der Waals surface area contributed by atoms with Crippen molar-refractivity contribution in [3.63, 3.8) is 0 Å². The summed E-state index contributed by atoms with van der Waals surface area (Å²) in [4.78, 5) is 26.1. The number of carboxylic acids is 1. The van der Waals surface area contributed by atoms with Crippen molar-refractivity contribution >= 4 is 28.3 Å². The molecule has 1 amide bonds. The Labute approximate surface area is 124 Å². The van der Waals surface area contributed by atoms with E-state index in [0.717, 1.165) is 11.3 Å². The number of carbonyl (C=O) groups excluding carboxylic acids is 1. The van der Waals surface area contributed by atoms with E-state index in [4.69, 9.17) is 14.6 Å². The van der Waals surface area contributed by atoms with Crippen molar-refractivity contribution in [2.45, 2.75) is 0 Å². The van der Waals surface area contributed by atoms with E-state index >= 15 is 0 Å². The van der Waals surface area contributed by atoms with Gasteiger partial charge in [-0.1, -0.05) is 6.07 Å². The van der Waals surface area contributed by atoms with Gasteiger partial charge in [0.25, 0.3) is 5.91 Å². The number of hydrogen-bond donors (Lipinski definition) is 2. The largest absolute Gasteiger partial charge is 0.497 e. The van der Waals surface area contributed by atoms with E-state index in [9.17, 15) is 9.59 Å². The number of aromatic carboxylic acids is 1. The first-order valence-electron chi connectivity index (χ1n) is 5.84. The molecule has 0 aliphatic heterocycles. The number of nitrogens with one attached hydrogen (secondary N) is 1. The molecular weight excluding hydrogens is 296 g/mol. The van der Waals surface area contributed by atoms with Gasteiger partial charge in [-0.15, -0.1) is 11.3 Å². The van der Waals surface area contributed by atoms with Crippen molar-refractivity contribution in [2.75, 3.05) is 19.0 Å². The van der Waals surface area contributed by atoms with Crippen LogP contribution >= 0.6 is 11.3 Å². The van der Waals surface area contributed by atoms with Crippen LogP contribution in [0, 0.1) is 0 Å². The standard InChI is InChI=1S/C13H12N2O5S/c1-19-8-3-2-4-9(5-8)20-6-11(16)15-13-14-10(7-21-13)12(17)18/h2-5,7H,6H2,1H3,(H,17,18)(H,14,15,16). The maximum absolute atomic E-state index is 11.7. The highest BCUT2D eigenvalue weighted by Gasteiger charge is 2.11. The van der Waals surface area contributed by atoms with Crippen LogP contribution in [-0.2, 0) is 4.79 Å². The molecule has 0 radical (unpaired) electrons. The highest BCUT2D eigenvalue weighted by molar-refractivity contribution is 7.14. The molecule has 0 aliphatic rings. The van der Waals surface area contributed by atoms with Crippen molar-refractivity contribution in [1.29, 1.82) is 0 Å². The lowest BCUT2D eigenvalue weighted by Gasteiger charge is -2.07. The normalized spacial score (nSPS) is 9.95. The van der Waals surface area contributed by atoms with Gasteiger partial charge < -0.3 is 14.6 Å². The number of anilines is 1. The Morgan fingerprint density at radius 1 is 1.38 bits per heavy atom. The number of carboxylic acid groups (broad SMARTS) is 1. The van der Waals surface area contributed by atoms with Gasteiger partial charge in [-0.3, -0.25) is 10.1 Å². The van der Waals surface area contributed by atoms with E-state index in [1.165, 1.54) is 12.5 Å². The Balaban J connectivity index is 1.87. The maximum Gasteiger partial charge on any atom is 0.355 e. The van der Waals surface area contributed by atoms with Gasteiger partial charge in [0, 0.05) is 11.4 Å². The third kappa shape index (κ3) is 4.18. The summed E-state index contributed by atoms with van der Waals surface area (Å²) in [6.45, 7) is -0.213. The molecule has 0 bridgehead atoms. The average Bonchev–Trinajstić information content (AvgIpc) is 2.94. The number of benzene rings is 1. The zero-order valence-electron chi connectivity index (χ0n) is 11.0. The Morgan fingerprint density at radius 3 is 2.81 bits per heavy atom. The third-order valence-corrected chi connectivity index (χ3v) is 3.14. The van der Waals surface area contributed by atoms with Gasteiger partial charge in [-0.05, 0) is 12.1 Å². The molecule has 110 valence electrons. The molecule has 21 heavy (non-hydrogen) atoms. The summed E-state index contributed by atoms with van der Waals surface area (Å²) in [5.74, 6) is -0.447. The Bertz CT molecular complexity index is 656. The number of rotatable bonds is 6. The molecule has 2 rings (SSSR count). The van der Waals surface area contributed by atoms with E-state index in [0.29, 0.717) is 11.5 Å². The molecule has 7 nitrogen and oxygen atoms in total. The molecule has 8 heteroatoms. The summed E-state index contributed by atoms with van der Waals surface area (Å²) < 4.78 is 10.3. The van der Waals surface area contributed by atoms with E-state index in [1.807, 2.05) is 0 Å². The van der Waals surface area contributed by atoms with Crippen molar-refractivity contribution in [3.05, 3.63) is 35.3 Å². The van der Waals surface area contributed by atoms with Gasteiger partial charge in [0.1, 0.15) is 11.5 Å². The molecule has 0 saturated heterocycles. The maximum atomic E-state index is 11.7. The molecule has 0 unspecified atom stereocenters. The predicted octanol–water partition coefficient (Wildman–Crippen LogP) is 1.87. The lowest BCUT2D eigenvalue weighted by atomic mass is 10.3. The lowest BCUT2D eigenvalue weighted by molar-refractivity contribution is -0.118. The zero-order valence-corrected chi connectivity index (χ0v) is 11.8. The second-order valence-corrected chi connectivity index (χ2v) is 4.72. The average molecular weight is 308 g/mol. The van der Waals surface area contributed by atoms with E-state index < -0.39 is 11.9 Å². The molecule has 1 aromatic heterocycles. The number of ether oxygens (including phenoxy) is 2. The summed E-state index contributed by atoms with van der Waals surface area (Å²) in [6, 6.07) is 6.85. The quantitative estimate of drug-likeness (QED) is 0.845. The molecule has 1 heterocycles. The highest BCUT2D eigenvalue weighted by atomic mass is 32.1. The van der Waals surface area contributed by atoms with Crippen molar-refractivity contribution in [1.82, 2.24) is 4.98 Å². The van der Waals surface area contributed by atoms with Crippen LogP contribution in [0.1, 0.15) is 10.5 Å². The van der Waals surface area contributed by atoms with Gasteiger partial charge in [0.05, 0.1) is 7.11 Å². The van der Waals surface area contributed by atoms with Gasteiger partial charge in [-0.2, -0.15) is 0 Å². The molecule has 2 aromatic rings. The highest BCUT2D eigenvalue weighted by Crippen LogP contribution is 2.19. The summed E-state index contributed by atoms with van der Waals surface area (Å²) in [6.07, 6.45) is 0. The first-order chi connectivity index (χ1) is 10.1. The van der Waals surface area contributed by atoms with Crippen LogP contribution in [0.15, 0.2) is 29.6 Å². The molecule has 0 fully saturated rings. The van der Waals surface area contributed by atoms with Gasteiger partial charge in [-0.25, -0.2) is 9.78 Å². The lowest BCUT2D eigenvalue weighted by Crippen LogP contribution is -2.20. The first-order valence-corrected chi connectivity index (χ1v) is 6.72. The number of aromatic nitrogens is 1. The monoisotopic (exact) mass is 308 g/mol. The van der Waals surface area contributed by atoms with Crippen LogP contribution in [0.5, 0.6) is 11.5 Å². The molecule has 0 spiro atoms. The van der Waals surface area contributed by atoms with Crippen LogP contribution in [-0.4, -0.2) is 35.7 Å². The summed E-state index contributed by atoms with van der Waals surface area (Å²) in [7, 11) is 1.54. The topological polar surface area (TPSA) is 97.8 Å². The van der Waals surface area contributed by atoms with Crippen LogP contribution in [0.3, 0.4) is 0 Å². The van der Waals surface area contributed by atoms with Crippen LogP contribution in [0.25, 0.3) is 0 Å². The Morgan fingerprint density at radius 2 is 2.14 bits per heavy atom. The summed E-state index contributed by atoms with van der Waals surface area (Å²) in [5.41, 5.74) is -0.107. The second kappa shape index (κ2) is 6.71. The van der Waals surface area contributed by atoms with Crippen molar-refractivity contribution < 1.29 is 24.2 Å². The van der Waals surface area contributed by atoms with Gasteiger partial charge >= 0.3 is 5.97 Å². The van der Waals surface area contributed by atoms with E-state index in [1.54, 1.807) is 24.3 Å². The number of carbonyl (C=O) groups is 2. The summed E-state index contributed by atoms with van der Waals surface area (Å²) >= 11 is 1.03. The second-order valence-electron chi connectivity index (χ2n) is 3.86. The molecule has 0 aliphatic carbocycles. The van der Waals surface area contributed by atoms with Crippen molar-refractivity contribution in [3.8, 4) is 11.5 Å². The molecular formula is C13H12N2O5S. The minimum Gasteiger partial charge on any atom is -0.497 e. The number of hydrogen-bond acceptors (Lipinski definition) is 6. The van der Waals surface area contributed by atoms with Gasteiger partial charge in [0.2, 0.25) is 0 Å². The molecule has 2 N–H and O–H groups in total. The van der Waals surface area contributed by atoms with Crippen LogP contribution in [0.2, 0.25) is 0 Å². The number of thiazole rings is 1. The first kappa shape index (κ1) is 14.8. The predicted molar refractivity (Wildman–Crippen MR) is 76.2 cm³/mol. The summed E-state index contributed by atoms with van der Waals surface area (Å²) in [5, 5.41) is 12.8. The minimum absolute atomic E-state index is 0.107. The van der Waals surface area contributed by atoms with E-state index in [-0.39, 0.29) is 17.4 Å². The Hall–Kier alpha value is -2.61. The number of methoxy groups -OCH3 is 1. The smallest absolute Gasteiger partial charge is 0.355 e. The zero-order chi connectivity index (χ0) is 15.2. The third-order valence-electron chi connectivity index (χ3n) is 2.38. The number of nitrogens with zero attached hydrogens (tertiary/aromatic N) is 1. The van der Waals surface area contributed by atoms with Crippen LogP contribution < -0.4 is 14.8 Å². The Kier molecular flexibility index (Phi) is 4.72.